The molecule has 0 spiro atoms. The average Bonchev–Trinajstić information content (AvgIpc) is 2.77. The smallest absolute Gasteiger partial charge is 0.127 e. The number of aryl methyl sites for hydroxylation is 1. The van der Waals surface area contributed by atoms with Gasteiger partial charge in [-0.05, 0) is 46.2 Å². The normalized spacial score (nSPS) is 10.8. The second-order valence-electron chi connectivity index (χ2n) is 5.42. The molecule has 1 aromatic heterocycles. The van der Waals surface area contributed by atoms with Crippen LogP contribution in [0.25, 0.3) is 11.1 Å². The zero-order chi connectivity index (χ0) is 14.0. The molecule has 0 saturated heterocycles. The Balaban J connectivity index is 0.00000200. The summed E-state index contributed by atoms with van der Waals surface area (Å²) in [7, 11) is 0. The van der Waals surface area contributed by atoms with Crippen LogP contribution in [-0.2, 0) is 21.1 Å². The molecule has 1 aromatic carbocycles. The standard InChI is InChI=1S/C16H22N2O.Pt/c1-11(2)18-10-14(9-17-18)16-13(5)7-6-8-15(16)19-12(3)4;/h6-12H,1-5H3;. The molecular weight excluding hydrogens is 431 g/mol. The number of aromatic nitrogens is 2. The number of ether oxygens (including phenoxy) is 1. The number of nitrogens with zero attached hydrogens (tertiary/aromatic N) is 2. The predicted octanol–water partition coefficient (Wildman–Crippen LogP) is 4.22. The first-order chi connectivity index (χ1) is 8.99. The molecule has 20 heavy (non-hydrogen) atoms. The Kier molecular flexibility index (Phi) is 6.01. The third-order valence-electron chi connectivity index (χ3n) is 3.02. The van der Waals surface area contributed by atoms with Gasteiger partial charge in [-0.1, -0.05) is 12.1 Å². The van der Waals surface area contributed by atoms with Crippen molar-refractivity contribution in [2.24, 2.45) is 0 Å². The topological polar surface area (TPSA) is 27.1 Å². The Morgan fingerprint density at radius 3 is 2.40 bits per heavy atom. The molecule has 4 heteroatoms. The maximum atomic E-state index is 5.91. The van der Waals surface area contributed by atoms with Crippen molar-refractivity contribution in [2.75, 3.05) is 0 Å². The van der Waals surface area contributed by atoms with E-state index in [-0.39, 0.29) is 27.2 Å². The molecule has 3 nitrogen and oxygen atoms in total. The van der Waals surface area contributed by atoms with Crippen LogP contribution in [-0.4, -0.2) is 15.9 Å². The van der Waals surface area contributed by atoms with Gasteiger partial charge in [-0.3, -0.25) is 4.68 Å². The molecule has 0 aliphatic rings. The van der Waals surface area contributed by atoms with Crippen LogP contribution < -0.4 is 4.74 Å². The number of hydrogen-bond donors (Lipinski definition) is 0. The molecule has 0 radical (unpaired) electrons. The average molecular weight is 453 g/mol. The quantitative estimate of drug-likeness (QED) is 0.693. The summed E-state index contributed by atoms with van der Waals surface area (Å²) in [5.41, 5.74) is 3.46. The third kappa shape index (κ3) is 3.73. The van der Waals surface area contributed by atoms with Gasteiger partial charge in [0.1, 0.15) is 5.75 Å². The minimum Gasteiger partial charge on any atom is -0.490 e. The zero-order valence-electron chi connectivity index (χ0n) is 12.7. The first kappa shape index (κ1) is 17.0. The van der Waals surface area contributed by atoms with Crippen LogP contribution in [0.5, 0.6) is 5.75 Å². The van der Waals surface area contributed by atoms with Gasteiger partial charge >= 0.3 is 0 Å². The third-order valence-corrected chi connectivity index (χ3v) is 3.02. The molecule has 0 atom stereocenters. The van der Waals surface area contributed by atoms with Crippen molar-refractivity contribution < 1.29 is 25.8 Å². The van der Waals surface area contributed by atoms with E-state index in [0.29, 0.717) is 6.04 Å². The number of hydrogen-bond acceptors (Lipinski definition) is 2. The molecule has 0 amide bonds. The van der Waals surface area contributed by atoms with E-state index < -0.39 is 0 Å². The Hall–Kier alpha value is -1.08. The maximum Gasteiger partial charge on any atom is 0.127 e. The van der Waals surface area contributed by atoms with Gasteiger partial charge in [-0.25, -0.2) is 0 Å². The molecule has 0 fully saturated rings. The predicted molar refractivity (Wildman–Crippen MR) is 78.5 cm³/mol. The van der Waals surface area contributed by atoms with Crippen LogP contribution in [0, 0.1) is 6.92 Å². The molecule has 2 aromatic rings. The second kappa shape index (κ2) is 7.08. The van der Waals surface area contributed by atoms with Crippen molar-refractivity contribution >= 4 is 0 Å². The summed E-state index contributed by atoms with van der Waals surface area (Å²) in [5, 5.41) is 4.41. The largest absolute Gasteiger partial charge is 0.490 e. The van der Waals surface area contributed by atoms with E-state index in [1.165, 1.54) is 5.56 Å². The summed E-state index contributed by atoms with van der Waals surface area (Å²) in [6, 6.07) is 6.53. The van der Waals surface area contributed by atoms with Crippen molar-refractivity contribution in [1.82, 2.24) is 9.78 Å². The van der Waals surface area contributed by atoms with E-state index in [0.717, 1.165) is 16.9 Å². The van der Waals surface area contributed by atoms with Gasteiger partial charge in [0.25, 0.3) is 0 Å². The Morgan fingerprint density at radius 1 is 1.15 bits per heavy atom. The molecule has 2 rings (SSSR count). The summed E-state index contributed by atoms with van der Waals surface area (Å²) in [4.78, 5) is 0. The summed E-state index contributed by atoms with van der Waals surface area (Å²) < 4.78 is 7.89. The van der Waals surface area contributed by atoms with Crippen LogP contribution in [0.2, 0.25) is 0 Å². The first-order valence-corrected chi connectivity index (χ1v) is 6.80. The molecule has 0 bridgehead atoms. The van der Waals surface area contributed by atoms with E-state index in [1.807, 2.05) is 36.9 Å². The van der Waals surface area contributed by atoms with Crippen LogP contribution in [0.15, 0.2) is 30.6 Å². The summed E-state index contributed by atoms with van der Waals surface area (Å²) in [5.74, 6) is 0.929. The summed E-state index contributed by atoms with van der Waals surface area (Å²) >= 11 is 0. The monoisotopic (exact) mass is 453 g/mol. The van der Waals surface area contributed by atoms with E-state index in [2.05, 4.69) is 38.1 Å². The van der Waals surface area contributed by atoms with Crippen molar-refractivity contribution in [1.29, 1.82) is 0 Å². The van der Waals surface area contributed by atoms with Crippen LogP contribution in [0.1, 0.15) is 39.3 Å². The Bertz CT molecular complexity index is 561. The minimum absolute atomic E-state index is 0. The fraction of sp³-hybridized carbons (Fsp3) is 0.438. The van der Waals surface area contributed by atoms with E-state index in [9.17, 15) is 0 Å². The molecular formula is C16H22N2OPt. The van der Waals surface area contributed by atoms with Gasteiger partial charge in [-0.15, -0.1) is 0 Å². The van der Waals surface area contributed by atoms with Crippen molar-refractivity contribution in [2.45, 2.75) is 46.8 Å². The van der Waals surface area contributed by atoms with Crippen molar-refractivity contribution in [3.8, 4) is 16.9 Å². The maximum absolute atomic E-state index is 5.91. The van der Waals surface area contributed by atoms with Gasteiger partial charge in [-0.2, -0.15) is 5.10 Å². The summed E-state index contributed by atoms with van der Waals surface area (Å²) in [6.07, 6.45) is 4.16. The first-order valence-electron chi connectivity index (χ1n) is 6.80. The van der Waals surface area contributed by atoms with E-state index in [1.54, 1.807) is 0 Å². The van der Waals surface area contributed by atoms with Gasteiger partial charge in [0, 0.05) is 44.4 Å². The Morgan fingerprint density at radius 2 is 1.85 bits per heavy atom. The van der Waals surface area contributed by atoms with Gasteiger partial charge in [0.05, 0.1) is 12.3 Å². The SMILES string of the molecule is Cc1cccc(OC(C)C)c1-c1cnn(C(C)C)c1.[Pt]. The molecule has 0 unspecified atom stereocenters. The van der Waals surface area contributed by atoms with Crippen LogP contribution in [0.4, 0.5) is 0 Å². The van der Waals surface area contributed by atoms with Gasteiger partial charge < -0.3 is 4.74 Å². The van der Waals surface area contributed by atoms with E-state index in [4.69, 9.17) is 4.74 Å². The molecule has 0 aliphatic heterocycles. The van der Waals surface area contributed by atoms with Crippen LogP contribution >= 0.6 is 0 Å². The van der Waals surface area contributed by atoms with Gasteiger partial charge in [0.2, 0.25) is 0 Å². The minimum atomic E-state index is 0. The number of rotatable bonds is 4. The van der Waals surface area contributed by atoms with Crippen molar-refractivity contribution in [3.05, 3.63) is 36.2 Å². The molecule has 112 valence electrons. The van der Waals surface area contributed by atoms with Crippen molar-refractivity contribution in [3.63, 3.8) is 0 Å². The van der Waals surface area contributed by atoms with Crippen LogP contribution in [0.3, 0.4) is 0 Å². The fourth-order valence-electron chi connectivity index (χ4n) is 2.11. The molecule has 0 saturated carbocycles. The molecule has 0 N–H and O–H groups in total. The summed E-state index contributed by atoms with van der Waals surface area (Å²) in [6.45, 7) is 10.4. The molecule has 0 aliphatic carbocycles. The van der Waals surface area contributed by atoms with Gasteiger partial charge in [0.15, 0.2) is 0 Å². The second-order valence-corrected chi connectivity index (χ2v) is 5.42. The molecule has 1 heterocycles. The zero-order valence-corrected chi connectivity index (χ0v) is 14.9. The number of benzene rings is 1. The Labute approximate surface area is 135 Å². The van der Waals surface area contributed by atoms with E-state index >= 15 is 0 Å². The fourth-order valence-corrected chi connectivity index (χ4v) is 2.11.